The van der Waals surface area contributed by atoms with Crippen LogP contribution in [-0.2, 0) is 10.0 Å². The van der Waals surface area contributed by atoms with Crippen LogP contribution in [0.15, 0.2) is 21.6 Å². The summed E-state index contributed by atoms with van der Waals surface area (Å²) in [6, 6.07) is 1.54. The maximum atomic E-state index is 12.7. The molecule has 112 valence electrons. The summed E-state index contributed by atoms with van der Waals surface area (Å²) in [5, 5.41) is 12.6. The molecule has 0 saturated carbocycles. The Hall–Kier alpha value is -0.700. The average Bonchev–Trinajstić information content (AvgIpc) is 2.41. The van der Waals surface area contributed by atoms with Crippen LogP contribution in [0.2, 0.25) is 0 Å². The summed E-state index contributed by atoms with van der Waals surface area (Å²) in [6.07, 6.45) is 2.27. The molecule has 1 aliphatic rings. The number of β-amino-alcohol motifs (C(OH)–C–C–N with tert-alkyl or cyclic N) is 1. The van der Waals surface area contributed by atoms with Crippen molar-refractivity contribution in [2.45, 2.75) is 30.8 Å². The van der Waals surface area contributed by atoms with Gasteiger partial charge >= 0.3 is 0 Å². The maximum Gasteiger partial charge on any atom is 0.246 e. The van der Waals surface area contributed by atoms with E-state index in [4.69, 9.17) is 0 Å². The monoisotopic (exact) mass is 363 g/mol. The number of rotatable bonds is 4. The Morgan fingerprint density at radius 3 is 3.00 bits per heavy atom. The van der Waals surface area contributed by atoms with Crippen molar-refractivity contribution in [2.75, 3.05) is 25.0 Å². The van der Waals surface area contributed by atoms with Crippen molar-refractivity contribution in [1.29, 1.82) is 0 Å². The minimum Gasteiger partial charge on any atom is -0.392 e. The molecule has 0 spiro atoms. The number of nitrogens with zero attached hydrogens (tertiary/aromatic N) is 2. The number of aliphatic hydroxyl groups excluding tert-OH is 1. The molecule has 0 amide bonds. The van der Waals surface area contributed by atoms with Gasteiger partial charge in [-0.15, -0.1) is 0 Å². The second kappa shape index (κ2) is 6.38. The zero-order valence-corrected chi connectivity index (χ0v) is 13.6. The number of pyridine rings is 1. The van der Waals surface area contributed by atoms with Crippen molar-refractivity contribution in [2.24, 2.45) is 0 Å². The fourth-order valence-corrected chi connectivity index (χ4v) is 4.34. The third-order valence-corrected chi connectivity index (χ3v) is 5.45. The smallest absolute Gasteiger partial charge is 0.246 e. The van der Waals surface area contributed by atoms with Gasteiger partial charge in [0.25, 0.3) is 0 Å². The fourth-order valence-electron chi connectivity index (χ4n) is 2.20. The second-order valence-corrected chi connectivity index (χ2v) is 7.51. The standard InChI is InChI=1S/C12H18BrN3O3S/c1-2-14-12-11(6-9(13)7-15-12)20(18,19)16-5-3-4-10(17)8-16/h6-7,10,17H,2-5,8H2,1H3,(H,14,15). The van der Waals surface area contributed by atoms with E-state index < -0.39 is 16.1 Å². The quantitative estimate of drug-likeness (QED) is 0.845. The molecular weight excluding hydrogens is 346 g/mol. The van der Waals surface area contributed by atoms with Gasteiger partial charge in [0.05, 0.1) is 6.10 Å². The number of hydrogen-bond acceptors (Lipinski definition) is 5. The summed E-state index contributed by atoms with van der Waals surface area (Å²) in [5.41, 5.74) is 0. The van der Waals surface area contributed by atoms with Gasteiger partial charge < -0.3 is 10.4 Å². The normalized spacial score (nSPS) is 20.9. The molecule has 2 N–H and O–H groups in total. The van der Waals surface area contributed by atoms with E-state index in [-0.39, 0.29) is 11.4 Å². The topological polar surface area (TPSA) is 82.5 Å². The highest BCUT2D eigenvalue weighted by molar-refractivity contribution is 9.10. The van der Waals surface area contributed by atoms with E-state index >= 15 is 0 Å². The number of anilines is 1. The van der Waals surface area contributed by atoms with Crippen LogP contribution in [0.25, 0.3) is 0 Å². The van der Waals surface area contributed by atoms with Gasteiger partial charge in [0.15, 0.2) is 0 Å². The van der Waals surface area contributed by atoms with Crippen LogP contribution < -0.4 is 5.32 Å². The number of piperidine rings is 1. The number of aromatic nitrogens is 1. The predicted octanol–water partition coefficient (Wildman–Crippen LogP) is 1.42. The summed E-state index contributed by atoms with van der Waals surface area (Å²) in [4.78, 5) is 4.26. The number of nitrogens with one attached hydrogen (secondary N) is 1. The van der Waals surface area contributed by atoms with Gasteiger partial charge in [0.1, 0.15) is 10.7 Å². The van der Waals surface area contributed by atoms with Crippen LogP contribution >= 0.6 is 15.9 Å². The first-order valence-corrected chi connectivity index (χ1v) is 8.76. The van der Waals surface area contributed by atoms with Gasteiger partial charge in [-0.25, -0.2) is 13.4 Å². The molecule has 1 saturated heterocycles. The molecule has 1 fully saturated rings. The molecule has 1 aromatic heterocycles. The first-order chi connectivity index (χ1) is 9.45. The lowest BCUT2D eigenvalue weighted by molar-refractivity contribution is 0.108. The van der Waals surface area contributed by atoms with Crippen molar-refractivity contribution in [1.82, 2.24) is 9.29 Å². The van der Waals surface area contributed by atoms with Crippen LogP contribution in [0, 0.1) is 0 Å². The molecule has 1 unspecified atom stereocenters. The highest BCUT2D eigenvalue weighted by Crippen LogP contribution is 2.27. The zero-order chi connectivity index (χ0) is 14.8. The molecule has 0 radical (unpaired) electrons. The Balaban J connectivity index is 2.40. The Kier molecular flexibility index (Phi) is 5.00. The molecule has 0 aromatic carbocycles. The third-order valence-electron chi connectivity index (χ3n) is 3.14. The summed E-state index contributed by atoms with van der Waals surface area (Å²) in [5.74, 6) is 0.343. The van der Waals surface area contributed by atoms with Crippen molar-refractivity contribution in [3.63, 3.8) is 0 Å². The lowest BCUT2D eigenvalue weighted by atomic mass is 10.1. The van der Waals surface area contributed by atoms with Gasteiger partial charge in [-0.3, -0.25) is 0 Å². The van der Waals surface area contributed by atoms with E-state index in [0.29, 0.717) is 36.2 Å². The molecule has 20 heavy (non-hydrogen) atoms. The first kappa shape index (κ1) is 15.7. The minimum absolute atomic E-state index is 0.139. The number of sulfonamides is 1. The van der Waals surface area contributed by atoms with Crippen molar-refractivity contribution in [3.05, 3.63) is 16.7 Å². The Morgan fingerprint density at radius 2 is 2.35 bits per heavy atom. The molecule has 2 rings (SSSR count). The van der Waals surface area contributed by atoms with E-state index in [2.05, 4.69) is 26.2 Å². The summed E-state index contributed by atoms with van der Waals surface area (Å²) >= 11 is 3.25. The van der Waals surface area contributed by atoms with Gasteiger partial charge in [-0.2, -0.15) is 4.31 Å². The molecule has 1 aliphatic heterocycles. The Bertz CT molecular complexity index is 579. The number of halogens is 1. The Labute approximate surface area is 127 Å². The summed E-state index contributed by atoms with van der Waals surface area (Å²) < 4.78 is 27.3. The van der Waals surface area contributed by atoms with Gasteiger partial charge in [0, 0.05) is 30.3 Å². The van der Waals surface area contributed by atoms with E-state index in [1.54, 1.807) is 12.3 Å². The Morgan fingerprint density at radius 1 is 1.60 bits per heavy atom. The summed E-state index contributed by atoms with van der Waals surface area (Å²) in [6.45, 7) is 3.03. The van der Waals surface area contributed by atoms with Crippen LogP contribution in [0.3, 0.4) is 0 Å². The molecule has 0 bridgehead atoms. The van der Waals surface area contributed by atoms with Crippen molar-refractivity contribution in [3.8, 4) is 0 Å². The summed E-state index contributed by atoms with van der Waals surface area (Å²) in [7, 11) is -3.65. The predicted molar refractivity (Wildman–Crippen MR) is 80.1 cm³/mol. The van der Waals surface area contributed by atoms with E-state index in [1.807, 2.05) is 6.92 Å². The van der Waals surface area contributed by atoms with Gasteiger partial charge in [-0.1, -0.05) is 0 Å². The number of hydrogen-bond donors (Lipinski definition) is 2. The van der Waals surface area contributed by atoms with Gasteiger partial charge in [0.2, 0.25) is 10.0 Å². The average molecular weight is 364 g/mol. The minimum atomic E-state index is -3.65. The first-order valence-electron chi connectivity index (χ1n) is 6.52. The third kappa shape index (κ3) is 3.30. The van der Waals surface area contributed by atoms with Crippen molar-refractivity contribution >= 4 is 31.8 Å². The van der Waals surface area contributed by atoms with E-state index in [0.717, 1.165) is 0 Å². The van der Waals surface area contributed by atoms with Crippen LogP contribution in [0.4, 0.5) is 5.82 Å². The molecule has 8 heteroatoms. The van der Waals surface area contributed by atoms with Crippen LogP contribution in [0.1, 0.15) is 19.8 Å². The number of aliphatic hydroxyl groups is 1. The molecule has 1 aromatic rings. The van der Waals surface area contributed by atoms with E-state index in [1.165, 1.54) is 4.31 Å². The molecular formula is C12H18BrN3O3S. The molecule has 1 atom stereocenters. The SMILES string of the molecule is CCNc1ncc(Br)cc1S(=O)(=O)N1CCCC(O)C1. The van der Waals surface area contributed by atoms with Crippen LogP contribution in [-0.4, -0.2) is 48.6 Å². The highest BCUT2D eigenvalue weighted by Gasteiger charge is 2.31. The highest BCUT2D eigenvalue weighted by atomic mass is 79.9. The van der Waals surface area contributed by atoms with Crippen LogP contribution in [0.5, 0.6) is 0 Å². The molecule has 6 nitrogen and oxygen atoms in total. The van der Waals surface area contributed by atoms with E-state index in [9.17, 15) is 13.5 Å². The lowest BCUT2D eigenvalue weighted by Gasteiger charge is -2.29. The lowest BCUT2D eigenvalue weighted by Crippen LogP contribution is -2.42. The second-order valence-electron chi connectivity index (χ2n) is 4.69. The van der Waals surface area contributed by atoms with Gasteiger partial charge in [-0.05, 0) is 41.8 Å². The maximum absolute atomic E-state index is 12.7. The largest absolute Gasteiger partial charge is 0.392 e. The molecule has 2 heterocycles. The zero-order valence-electron chi connectivity index (χ0n) is 11.2. The van der Waals surface area contributed by atoms with Crippen molar-refractivity contribution < 1.29 is 13.5 Å². The molecule has 0 aliphatic carbocycles. The fraction of sp³-hybridized carbons (Fsp3) is 0.583.